The SMILES string of the molecule is CCC(C)c1ccc(Oc2cccc(CN)n2)cc1. The van der Waals surface area contributed by atoms with Gasteiger partial charge >= 0.3 is 0 Å². The first-order valence-corrected chi connectivity index (χ1v) is 6.66. The molecule has 0 saturated heterocycles. The van der Waals surface area contributed by atoms with Gasteiger partial charge in [0.15, 0.2) is 0 Å². The van der Waals surface area contributed by atoms with E-state index in [4.69, 9.17) is 10.5 Å². The molecule has 1 unspecified atom stereocenters. The quantitative estimate of drug-likeness (QED) is 0.884. The molecule has 2 N–H and O–H groups in total. The molecule has 3 heteroatoms. The first kappa shape index (κ1) is 13.6. The van der Waals surface area contributed by atoms with Gasteiger partial charge in [0.1, 0.15) is 5.75 Å². The number of nitrogens with two attached hydrogens (primary N) is 1. The van der Waals surface area contributed by atoms with Crippen molar-refractivity contribution in [2.45, 2.75) is 32.7 Å². The van der Waals surface area contributed by atoms with Crippen molar-refractivity contribution in [3.05, 3.63) is 53.7 Å². The molecule has 0 aliphatic heterocycles. The zero-order chi connectivity index (χ0) is 13.7. The summed E-state index contributed by atoms with van der Waals surface area (Å²) in [4.78, 5) is 4.31. The summed E-state index contributed by atoms with van der Waals surface area (Å²) in [5, 5.41) is 0. The molecule has 0 saturated carbocycles. The van der Waals surface area contributed by atoms with Crippen molar-refractivity contribution in [3.63, 3.8) is 0 Å². The van der Waals surface area contributed by atoms with Crippen LogP contribution in [0.2, 0.25) is 0 Å². The first-order chi connectivity index (χ1) is 9.22. The summed E-state index contributed by atoms with van der Waals surface area (Å²) in [5.41, 5.74) is 7.72. The van der Waals surface area contributed by atoms with Gasteiger partial charge in [-0.3, -0.25) is 0 Å². The minimum atomic E-state index is 0.421. The molecule has 0 aliphatic rings. The van der Waals surface area contributed by atoms with Gasteiger partial charge in [0.05, 0.1) is 5.69 Å². The molecule has 19 heavy (non-hydrogen) atoms. The fourth-order valence-electron chi connectivity index (χ4n) is 1.85. The van der Waals surface area contributed by atoms with Gasteiger partial charge in [-0.15, -0.1) is 0 Å². The third-order valence-corrected chi connectivity index (χ3v) is 3.27. The third kappa shape index (κ3) is 3.55. The van der Waals surface area contributed by atoms with Crippen molar-refractivity contribution in [2.75, 3.05) is 0 Å². The van der Waals surface area contributed by atoms with Gasteiger partial charge in [-0.1, -0.05) is 32.0 Å². The van der Waals surface area contributed by atoms with Gasteiger partial charge in [0.25, 0.3) is 0 Å². The molecular formula is C16H20N2O. The molecule has 0 spiro atoms. The van der Waals surface area contributed by atoms with Crippen LogP contribution in [-0.2, 0) is 6.54 Å². The molecule has 1 aromatic heterocycles. The van der Waals surface area contributed by atoms with E-state index in [1.807, 2.05) is 30.3 Å². The Balaban J connectivity index is 2.10. The molecule has 0 amide bonds. The Hall–Kier alpha value is -1.87. The summed E-state index contributed by atoms with van der Waals surface area (Å²) in [6, 6.07) is 13.8. The fourth-order valence-corrected chi connectivity index (χ4v) is 1.85. The van der Waals surface area contributed by atoms with Crippen LogP contribution in [0.3, 0.4) is 0 Å². The van der Waals surface area contributed by atoms with Crippen molar-refractivity contribution in [3.8, 4) is 11.6 Å². The molecule has 0 aliphatic carbocycles. The normalized spacial score (nSPS) is 12.2. The van der Waals surface area contributed by atoms with Crippen LogP contribution < -0.4 is 10.5 Å². The highest BCUT2D eigenvalue weighted by Gasteiger charge is 2.04. The standard InChI is InChI=1S/C16H20N2O/c1-3-12(2)13-7-9-15(10-8-13)19-16-6-4-5-14(11-17)18-16/h4-10,12H,3,11,17H2,1-2H3. The largest absolute Gasteiger partial charge is 0.439 e. The van der Waals surface area contributed by atoms with E-state index in [1.165, 1.54) is 5.56 Å². The Kier molecular flexibility index (Phi) is 4.53. The number of benzene rings is 1. The Morgan fingerprint density at radius 2 is 1.89 bits per heavy atom. The lowest BCUT2D eigenvalue weighted by Crippen LogP contribution is -2.00. The van der Waals surface area contributed by atoms with Crippen molar-refractivity contribution in [1.29, 1.82) is 0 Å². The Morgan fingerprint density at radius 1 is 1.16 bits per heavy atom. The second kappa shape index (κ2) is 6.34. The van der Waals surface area contributed by atoms with Crippen molar-refractivity contribution < 1.29 is 4.74 Å². The molecule has 2 aromatic rings. The number of ether oxygens (including phenoxy) is 1. The lowest BCUT2D eigenvalue weighted by molar-refractivity contribution is 0.460. The minimum Gasteiger partial charge on any atom is -0.439 e. The number of nitrogens with zero attached hydrogens (tertiary/aromatic N) is 1. The van der Waals surface area contributed by atoms with Crippen LogP contribution in [0.5, 0.6) is 11.6 Å². The van der Waals surface area contributed by atoms with Crippen LogP contribution >= 0.6 is 0 Å². The second-order valence-corrected chi connectivity index (χ2v) is 4.65. The summed E-state index contributed by atoms with van der Waals surface area (Å²) in [6.07, 6.45) is 1.14. The number of rotatable bonds is 5. The van der Waals surface area contributed by atoms with Gasteiger partial charge in [0.2, 0.25) is 5.88 Å². The zero-order valence-electron chi connectivity index (χ0n) is 11.5. The highest BCUT2D eigenvalue weighted by molar-refractivity contribution is 5.32. The van der Waals surface area contributed by atoms with Gasteiger partial charge in [-0.25, -0.2) is 4.98 Å². The maximum Gasteiger partial charge on any atom is 0.219 e. The van der Waals surface area contributed by atoms with Gasteiger partial charge in [0, 0.05) is 12.6 Å². The highest BCUT2D eigenvalue weighted by atomic mass is 16.5. The zero-order valence-corrected chi connectivity index (χ0v) is 11.5. The lowest BCUT2D eigenvalue weighted by atomic mass is 9.99. The summed E-state index contributed by atoms with van der Waals surface area (Å²) in [5.74, 6) is 1.96. The van der Waals surface area contributed by atoms with Crippen LogP contribution in [0, 0.1) is 0 Å². The van der Waals surface area contributed by atoms with E-state index in [9.17, 15) is 0 Å². The fraction of sp³-hybridized carbons (Fsp3) is 0.312. The van der Waals surface area contributed by atoms with E-state index < -0.39 is 0 Å². The molecule has 2 rings (SSSR count). The Morgan fingerprint density at radius 3 is 2.53 bits per heavy atom. The maximum absolute atomic E-state index is 5.72. The molecule has 1 heterocycles. The van der Waals surface area contributed by atoms with Crippen molar-refractivity contribution in [2.24, 2.45) is 5.73 Å². The molecular weight excluding hydrogens is 236 g/mol. The predicted octanol–water partition coefficient (Wildman–Crippen LogP) is 3.85. The Bertz CT molecular complexity index is 523. The topological polar surface area (TPSA) is 48.1 Å². The van der Waals surface area contributed by atoms with Crippen molar-refractivity contribution >= 4 is 0 Å². The van der Waals surface area contributed by atoms with Crippen molar-refractivity contribution in [1.82, 2.24) is 4.98 Å². The molecule has 0 bridgehead atoms. The monoisotopic (exact) mass is 256 g/mol. The number of hydrogen-bond acceptors (Lipinski definition) is 3. The van der Waals surface area contributed by atoms with Gasteiger partial charge in [-0.2, -0.15) is 0 Å². The first-order valence-electron chi connectivity index (χ1n) is 6.66. The van der Waals surface area contributed by atoms with Crippen LogP contribution in [0.1, 0.15) is 37.4 Å². The smallest absolute Gasteiger partial charge is 0.219 e. The van der Waals surface area contributed by atoms with E-state index in [0.29, 0.717) is 18.3 Å². The van der Waals surface area contributed by atoms with E-state index in [2.05, 4.69) is 31.0 Å². The van der Waals surface area contributed by atoms with Crippen LogP contribution in [0.15, 0.2) is 42.5 Å². The maximum atomic E-state index is 5.72. The second-order valence-electron chi connectivity index (χ2n) is 4.65. The average molecular weight is 256 g/mol. The minimum absolute atomic E-state index is 0.421. The summed E-state index contributed by atoms with van der Waals surface area (Å²) >= 11 is 0. The lowest BCUT2D eigenvalue weighted by Gasteiger charge is -2.10. The molecule has 3 nitrogen and oxygen atoms in total. The van der Waals surface area contributed by atoms with Crippen LogP contribution in [-0.4, -0.2) is 4.98 Å². The van der Waals surface area contributed by atoms with E-state index >= 15 is 0 Å². The molecule has 1 atom stereocenters. The molecule has 0 fully saturated rings. The summed E-state index contributed by atoms with van der Waals surface area (Å²) < 4.78 is 5.72. The van der Waals surface area contributed by atoms with Crippen LogP contribution in [0.4, 0.5) is 0 Å². The summed E-state index contributed by atoms with van der Waals surface area (Å²) in [6.45, 7) is 4.84. The van der Waals surface area contributed by atoms with E-state index in [-0.39, 0.29) is 0 Å². The van der Waals surface area contributed by atoms with Gasteiger partial charge in [-0.05, 0) is 36.1 Å². The summed E-state index contributed by atoms with van der Waals surface area (Å²) in [7, 11) is 0. The molecule has 0 radical (unpaired) electrons. The average Bonchev–Trinajstić information content (AvgIpc) is 2.47. The predicted molar refractivity (Wildman–Crippen MR) is 77.4 cm³/mol. The van der Waals surface area contributed by atoms with Crippen LogP contribution in [0.25, 0.3) is 0 Å². The van der Waals surface area contributed by atoms with Gasteiger partial charge < -0.3 is 10.5 Å². The molecule has 1 aromatic carbocycles. The Labute approximate surface area is 114 Å². The number of pyridine rings is 1. The number of aromatic nitrogens is 1. The highest BCUT2D eigenvalue weighted by Crippen LogP contribution is 2.24. The third-order valence-electron chi connectivity index (χ3n) is 3.27. The molecule has 100 valence electrons. The van der Waals surface area contributed by atoms with E-state index in [1.54, 1.807) is 0 Å². The number of hydrogen-bond donors (Lipinski definition) is 1. The van der Waals surface area contributed by atoms with E-state index in [0.717, 1.165) is 17.9 Å².